The van der Waals surface area contributed by atoms with Gasteiger partial charge in [0.15, 0.2) is 0 Å². The van der Waals surface area contributed by atoms with E-state index in [0.29, 0.717) is 16.9 Å². The molecule has 1 aliphatic heterocycles. The summed E-state index contributed by atoms with van der Waals surface area (Å²) in [5.74, 6) is -1.34. The van der Waals surface area contributed by atoms with Crippen molar-refractivity contribution in [3.05, 3.63) is 71.0 Å². The Morgan fingerprint density at radius 3 is 2.24 bits per heavy atom. The summed E-state index contributed by atoms with van der Waals surface area (Å²) in [6.45, 7) is 0. The molecule has 1 heterocycles. The lowest BCUT2D eigenvalue weighted by Gasteiger charge is -2.30. The van der Waals surface area contributed by atoms with Gasteiger partial charge in [0, 0.05) is 11.6 Å². The van der Waals surface area contributed by atoms with E-state index in [1.165, 1.54) is 19.2 Å². The lowest BCUT2D eigenvalue weighted by atomic mass is 9.94. The number of carbonyl (C=O) groups is 2. The second kappa shape index (κ2) is 7.70. The summed E-state index contributed by atoms with van der Waals surface area (Å²) in [5, 5.41) is 11.0. The molecule has 6 heteroatoms. The second-order valence-corrected chi connectivity index (χ2v) is 7.42. The van der Waals surface area contributed by atoms with E-state index in [0.717, 1.165) is 25.7 Å². The highest BCUT2D eigenvalue weighted by Crippen LogP contribution is 2.43. The Bertz CT molecular complexity index is 959. The molecule has 5 nitrogen and oxygen atoms in total. The molecule has 1 atom stereocenters. The first kappa shape index (κ1) is 19.2. The van der Waals surface area contributed by atoms with Crippen LogP contribution in [0.3, 0.4) is 0 Å². The summed E-state index contributed by atoms with van der Waals surface area (Å²) in [5.41, 5.74) is 1.06. The first-order chi connectivity index (χ1) is 14.0. The Labute approximate surface area is 168 Å². The zero-order valence-electron chi connectivity index (χ0n) is 16.1. The number of Topliss-reactive ketones (excluding diaryl/α,β-unsaturated/α-hetero) is 1. The number of ether oxygens (including phenoxy) is 1. The molecule has 0 unspecified atom stereocenters. The van der Waals surface area contributed by atoms with Crippen molar-refractivity contribution in [3.8, 4) is 5.75 Å². The monoisotopic (exact) mass is 395 g/mol. The highest BCUT2D eigenvalue weighted by Gasteiger charge is 2.49. The van der Waals surface area contributed by atoms with Crippen molar-refractivity contribution in [1.82, 2.24) is 4.90 Å². The molecule has 150 valence electrons. The molecule has 1 aliphatic carbocycles. The van der Waals surface area contributed by atoms with Crippen molar-refractivity contribution in [3.63, 3.8) is 0 Å². The molecule has 2 aromatic carbocycles. The number of methoxy groups -OCH3 is 1. The summed E-state index contributed by atoms with van der Waals surface area (Å²) in [7, 11) is 1.54. The summed E-state index contributed by atoms with van der Waals surface area (Å²) in [6.07, 6.45) is 3.60. The number of aliphatic hydroxyl groups is 1. The van der Waals surface area contributed by atoms with E-state index < -0.39 is 23.5 Å². The van der Waals surface area contributed by atoms with Gasteiger partial charge in [-0.25, -0.2) is 4.39 Å². The first-order valence-corrected chi connectivity index (χ1v) is 9.71. The molecule has 4 rings (SSSR count). The number of hydrogen-bond acceptors (Lipinski definition) is 4. The Kier molecular flexibility index (Phi) is 5.09. The van der Waals surface area contributed by atoms with Crippen LogP contribution in [-0.4, -0.2) is 34.8 Å². The van der Waals surface area contributed by atoms with Crippen molar-refractivity contribution in [2.24, 2.45) is 0 Å². The third-order valence-electron chi connectivity index (χ3n) is 5.75. The van der Waals surface area contributed by atoms with Gasteiger partial charge in [-0.15, -0.1) is 0 Å². The van der Waals surface area contributed by atoms with Crippen LogP contribution in [0.4, 0.5) is 4.39 Å². The van der Waals surface area contributed by atoms with E-state index in [1.807, 2.05) is 0 Å². The van der Waals surface area contributed by atoms with Crippen LogP contribution in [0, 0.1) is 5.82 Å². The van der Waals surface area contributed by atoms with E-state index in [2.05, 4.69) is 0 Å². The van der Waals surface area contributed by atoms with Crippen molar-refractivity contribution in [2.75, 3.05) is 7.11 Å². The molecule has 2 aromatic rings. The SMILES string of the molecule is COc1ccc(C(O)=C2C(=O)C(=O)N(C3CCCC3)[C@@H]2c2ccc(F)cc2)cc1. The van der Waals surface area contributed by atoms with E-state index in [9.17, 15) is 19.1 Å². The quantitative estimate of drug-likeness (QED) is 0.479. The van der Waals surface area contributed by atoms with Crippen LogP contribution in [-0.2, 0) is 9.59 Å². The largest absolute Gasteiger partial charge is 0.507 e. The van der Waals surface area contributed by atoms with Crippen molar-refractivity contribution < 1.29 is 23.8 Å². The number of halogens is 1. The molecule has 1 saturated carbocycles. The average molecular weight is 395 g/mol. The van der Waals surface area contributed by atoms with Gasteiger partial charge in [-0.05, 0) is 54.8 Å². The van der Waals surface area contributed by atoms with Gasteiger partial charge in [0.05, 0.1) is 18.7 Å². The van der Waals surface area contributed by atoms with Crippen molar-refractivity contribution in [2.45, 2.75) is 37.8 Å². The fourth-order valence-corrected chi connectivity index (χ4v) is 4.29. The number of aliphatic hydroxyl groups excluding tert-OH is 1. The molecule has 1 saturated heterocycles. The number of rotatable bonds is 4. The second-order valence-electron chi connectivity index (χ2n) is 7.42. The van der Waals surface area contributed by atoms with E-state index in [-0.39, 0.29) is 17.4 Å². The Hall–Kier alpha value is -3.15. The maximum absolute atomic E-state index is 13.5. The molecule has 0 radical (unpaired) electrons. The van der Waals surface area contributed by atoms with Gasteiger partial charge in [0.2, 0.25) is 0 Å². The summed E-state index contributed by atoms with van der Waals surface area (Å²) in [6, 6.07) is 11.6. The molecule has 1 amide bonds. The molecule has 0 bridgehead atoms. The third-order valence-corrected chi connectivity index (χ3v) is 5.75. The van der Waals surface area contributed by atoms with Crippen LogP contribution in [0.25, 0.3) is 5.76 Å². The zero-order valence-corrected chi connectivity index (χ0v) is 16.1. The number of benzene rings is 2. The van der Waals surface area contributed by atoms with E-state index >= 15 is 0 Å². The zero-order chi connectivity index (χ0) is 20.5. The lowest BCUT2D eigenvalue weighted by Crippen LogP contribution is -2.37. The average Bonchev–Trinajstić information content (AvgIpc) is 3.35. The lowest BCUT2D eigenvalue weighted by molar-refractivity contribution is -0.141. The Morgan fingerprint density at radius 1 is 1.03 bits per heavy atom. The van der Waals surface area contributed by atoms with Gasteiger partial charge in [-0.3, -0.25) is 9.59 Å². The minimum absolute atomic E-state index is 0.0404. The van der Waals surface area contributed by atoms with Crippen LogP contribution >= 0.6 is 0 Å². The molecule has 1 N–H and O–H groups in total. The molecule has 29 heavy (non-hydrogen) atoms. The van der Waals surface area contributed by atoms with Crippen LogP contribution < -0.4 is 4.74 Å². The van der Waals surface area contributed by atoms with Gasteiger partial charge >= 0.3 is 0 Å². The Balaban J connectivity index is 1.85. The smallest absolute Gasteiger partial charge is 0.295 e. The minimum atomic E-state index is -0.735. The predicted molar refractivity (Wildman–Crippen MR) is 106 cm³/mol. The standard InChI is InChI=1S/C23H22FNO4/c1-29-18-12-8-15(9-13-18)21(26)19-20(14-6-10-16(24)11-7-14)25(23(28)22(19)27)17-4-2-3-5-17/h6-13,17,20,26H,2-5H2,1H3/t20-/m1/s1. The molecular formula is C23H22FNO4. The van der Waals surface area contributed by atoms with E-state index in [1.54, 1.807) is 41.3 Å². The minimum Gasteiger partial charge on any atom is -0.507 e. The number of hydrogen-bond donors (Lipinski definition) is 1. The van der Waals surface area contributed by atoms with Gasteiger partial charge in [0.25, 0.3) is 11.7 Å². The normalized spacial score (nSPS) is 21.7. The third kappa shape index (κ3) is 3.39. The number of ketones is 1. The molecule has 0 aromatic heterocycles. The molecule has 2 fully saturated rings. The van der Waals surface area contributed by atoms with E-state index in [4.69, 9.17) is 4.74 Å². The van der Waals surface area contributed by atoms with Gasteiger partial charge in [-0.1, -0.05) is 25.0 Å². The number of amides is 1. The Morgan fingerprint density at radius 2 is 1.66 bits per heavy atom. The van der Waals surface area contributed by atoms with Gasteiger partial charge in [-0.2, -0.15) is 0 Å². The maximum Gasteiger partial charge on any atom is 0.295 e. The van der Waals surface area contributed by atoms with Crippen LogP contribution in [0.1, 0.15) is 42.9 Å². The summed E-state index contributed by atoms with van der Waals surface area (Å²) in [4.78, 5) is 27.5. The topological polar surface area (TPSA) is 66.8 Å². The summed E-state index contributed by atoms with van der Waals surface area (Å²) >= 11 is 0. The van der Waals surface area contributed by atoms with Gasteiger partial charge in [0.1, 0.15) is 17.3 Å². The highest BCUT2D eigenvalue weighted by molar-refractivity contribution is 6.46. The maximum atomic E-state index is 13.5. The van der Waals surface area contributed by atoms with Crippen LogP contribution in [0.5, 0.6) is 5.75 Å². The number of nitrogens with zero attached hydrogens (tertiary/aromatic N) is 1. The number of carbonyl (C=O) groups excluding carboxylic acids is 2. The molecular weight excluding hydrogens is 373 g/mol. The molecule has 0 spiro atoms. The summed E-state index contributed by atoms with van der Waals surface area (Å²) < 4.78 is 18.6. The van der Waals surface area contributed by atoms with Crippen molar-refractivity contribution >= 4 is 17.4 Å². The number of likely N-dealkylation sites (tertiary alicyclic amines) is 1. The van der Waals surface area contributed by atoms with Crippen LogP contribution in [0.2, 0.25) is 0 Å². The van der Waals surface area contributed by atoms with Gasteiger partial charge < -0.3 is 14.7 Å². The predicted octanol–water partition coefficient (Wildman–Crippen LogP) is 4.20. The first-order valence-electron chi connectivity index (χ1n) is 9.71. The molecule has 2 aliphatic rings. The highest BCUT2D eigenvalue weighted by atomic mass is 19.1. The fraction of sp³-hybridized carbons (Fsp3) is 0.304. The fourth-order valence-electron chi connectivity index (χ4n) is 4.29. The van der Waals surface area contributed by atoms with Crippen molar-refractivity contribution in [1.29, 1.82) is 0 Å². The van der Waals surface area contributed by atoms with Crippen LogP contribution in [0.15, 0.2) is 54.1 Å².